The molecule has 0 saturated heterocycles. The molecule has 3 heteroatoms. The summed E-state index contributed by atoms with van der Waals surface area (Å²) < 4.78 is 4.14. The highest BCUT2D eigenvalue weighted by atomic mass is 32.2. The SMILES string of the molecule is C1CSC2=[N+](C1)CCCS2. The van der Waals surface area contributed by atoms with Gasteiger partial charge in [0.2, 0.25) is 0 Å². The second kappa shape index (κ2) is 3.18. The van der Waals surface area contributed by atoms with E-state index >= 15 is 0 Å². The van der Waals surface area contributed by atoms with Gasteiger partial charge in [-0.15, -0.1) is 0 Å². The maximum atomic E-state index is 2.54. The summed E-state index contributed by atoms with van der Waals surface area (Å²) in [5.41, 5.74) is 0. The van der Waals surface area contributed by atoms with Gasteiger partial charge in [-0.25, -0.2) is 4.58 Å². The summed E-state index contributed by atoms with van der Waals surface area (Å²) in [6.07, 6.45) is 2.77. The molecule has 0 aliphatic carbocycles. The summed E-state index contributed by atoms with van der Waals surface area (Å²) in [4.78, 5) is 0. The van der Waals surface area contributed by atoms with Crippen LogP contribution in [0.15, 0.2) is 0 Å². The molecule has 56 valence electrons. The lowest BCUT2D eigenvalue weighted by Crippen LogP contribution is -2.28. The zero-order valence-corrected chi connectivity index (χ0v) is 7.64. The third-order valence-corrected chi connectivity index (χ3v) is 4.56. The van der Waals surface area contributed by atoms with Crippen molar-refractivity contribution >= 4 is 27.9 Å². The van der Waals surface area contributed by atoms with Crippen LogP contribution in [0, 0.1) is 0 Å². The van der Waals surface area contributed by atoms with Crippen molar-refractivity contribution in [1.29, 1.82) is 0 Å². The third-order valence-electron chi connectivity index (χ3n) is 1.85. The van der Waals surface area contributed by atoms with Crippen LogP contribution in [0.3, 0.4) is 0 Å². The van der Waals surface area contributed by atoms with Crippen LogP contribution >= 0.6 is 23.5 Å². The van der Waals surface area contributed by atoms with E-state index in [9.17, 15) is 0 Å². The molecule has 0 N–H and O–H groups in total. The molecule has 0 spiro atoms. The molecule has 0 atom stereocenters. The minimum atomic E-state index is 1.31. The highest BCUT2D eigenvalue weighted by molar-refractivity contribution is 8.38. The Labute approximate surface area is 70.3 Å². The first-order chi connectivity index (χ1) is 4.97. The van der Waals surface area contributed by atoms with Crippen molar-refractivity contribution in [1.82, 2.24) is 0 Å². The van der Waals surface area contributed by atoms with Crippen molar-refractivity contribution < 1.29 is 4.58 Å². The standard InChI is InChI=1S/C7H12NS2/c1-3-8-4-2-6-10-7(8)9-5-1/h1-6H2/q+1. The van der Waals surface area contributed by atoms with Crippen molar-refractivity contribution in [2.24, 2.45) is 0 Å². The quantitative estimate of drug-likeness (QED) is 0.513. The molecule has 0 bridgehead atoms. The molecule has 0 saturated carbocycles. The smallest absolute Gasteiger partial charge is 0.219 e. The Kier molecular flexibility index (Phi) is 2.24. The van der Waals surface area contributed by atoms with Crippen molar-refractivity contribution in [3.05, 3.63) is 0 Å². The van der Waals surface area contributed by atoms with Crippen molar-refractivity contribution in [3.8, 4) is 0 Å². The van der Waals surface area contributed by atoms with Crippen molar-refractivity contribution in [3.63, 3.8) is 0 Å². The monoisotopic (exact) mass is 174 g/mol. The zero-order valence-electron chi connectivity index (χ0n) is 6.01. The number of hydrogen-bond acceptors (Lipinski definition) is 2. The molecule has 0 amide bonds. The summed E-state index contributed by atoms with van der Waals surface area (Å²) in [5.74, 6) is 2.69. The fraction of sp³-hybridized carbons (Fsp3) is 0.857. The fourth-order valence-corrected chi connectivity index (χ4v) is 3.81. The number of hydrogen-bond donors (Lipinski definition) is 0. The molecule has 0 radical (unpaired) electrons. The van der Waals surface area contributed by atoms with Gasteiger partial charge in [0.15, 0.2) is 0 Å². The van der Waals surface area contributed by atoms with E-state index in [1.54, 1.807) is 4.38 Å². The van der Waals surface area contributed by atoms with E-state index in [0.717, 1.165) is 0 Å². The Hall–Kier alpha value is 0.370. The molecule has 2 aliphatic rings. The second-order valence-electron chi connectivity index (χ2n) is 2.66. The molecule has 2 aliphatic heterocycles. The van der Waals surface area contributed by atoms with Crippen LogP contribution < -0.4 is 0 Å². The Morgan fingerprint density at radius 2 is 1.60 bits per heavy atom. The number of rotatable bonds is 0. The van der Waals surface area contributed by atoms with Crippen molar-refractivity contribution in [2.75, 3.05) is 24.6 Å². The van der Waals surface area contributed by atoms with Crippen LogP contribution in [-0.4, -0.2) is 33.5 Å². The van der Waals surface area contributed by atoms with Crippen LogP contribution in [-0.2, 0) is 0 Å². The summed E-state index contributed by atoms with van der Waals surface area (Å²) in [5, 5.41) is 0. The number of nitrogens with zero attached hydrogens (tertiary/aromatic N) is 1. The van der Waals surface area contributed by atoms with Gasteiger partial charge in [-0.05, 0) is 23.5 Å². The maximum Gasteiger partial charge on any atom is 0.269 e. The molecule has 2 rings (SSSR count). The van der Waals surface area contributed by atoms with E-state index in [2.05, 4.69) is 28.1 Å². The van der Waals surface area contributed by atoms with Gasteiger partial charge in [-0.3, -0.25) is 0 Å². The lowest BCUT2D eigenvalue weighted by atomic mass is 10.4. The molecule has 2 heterocycles. The lowest BCUT2D eigenvalue weighted by Gasteiger charge is -2.17. The lowest BCUT2D eigenvalue weighted by molar-refractivity contribution is -0.524. The second-order valence-corrected chi connectivity index (χ2v) is 5.08. The van der Waals surface area contributed by atoms with Gasteiger partial charge < -0.3 is 0 Å². The first kappa shape index (κ1) is 7.04. The predicted octanol–water partition coefficient (Wildman–Crippen LogP) is 1.63. The Morgan fingerprint density at radius 3 is 2.10 bits per heavy atom. The molecule has 0 aromatic heterocycles. The molecule has 1 nitrogen and oxygen atoms in total. The molecule has 10 heavy (non-hydrogen) atoms. The Balaban J connectivity index is 2.14. The normalized spacial score (nSPS) is 26.4. The van der Waals surface area contributed by atoms with Crippen LogP contribution in [0.25, 0.3) is 0 Å². The first-order valence-electron chi connectivity index (χ1n) is 3.84. The van der Waals surface area contributed by atoms with Crippen LogP contribution in [0.2, 0.25) is 0 Å². The minimum Gasteiger partial charge on any atom is -0.219 e. The molecular weight excluding hydrogens is 162 g/mol. The van der Waals surface area contributed by atoms with Gasteiger partial charge in [0.1, 0.15) is 13.1 Å². The van der Waals surface area contributed by atoms with E-state index in [1.165, 1.54) is 37.4 Å². The van der Waals surface area contributed by atoms with E-state index in [-0.39, 0.29) is 0 Å². The minimum absolute atomic E-state index is 1.31. The average molecular weight is 174 g/mol. The topological polar surface area (TPSA) is 3.01 Å². The van der Waals surface area contributed by atoms with Crippen LogP contribution in [0.4, 0.5) is 0 Å². The maximum absolute atomic E-state index is 2.54. The molecule has 0 aromatic carbocycles. The van der Waals surface area contributed by atoms with Gasteiger partial charge in [0, 0.05) is 24.3 Å². The summed E-state index contributed by atoms with van der Waals surface area (Å²) >= 11 is 4.11. The van der Waals surface area contributed by atoms with Gasteiger partial charge in [-0.2, -0.15) is 0 Å². The van der Waals surface area contributed by atoms with Crippen LogP contribution in [0.5, 0.6) is 0 Å². The van der Waals surface area contributed by atoms with E-state index in [0.29, 0.717) is 0 Å². The Bertz CT molecular complexity index is 131. The molecule has 0 aromatic rings. The molecule has 0 unspecified atom stereocenters. The predicted molar refractivity (Wildman–Crippen MR) is 49.2 cm³/mol. The third kappa shape index (κ3) is 1.35. The fourth-order valence-electron chi connectivity index (χ4n) is 1.35. The zero-order chi connectivity index (χ0) is 6.81. The van der Waals surface area contributed by atoms with E-state index < -0.39 is 0 Å². The van der Waals surface area contributed by atoms with Gasteiger partial charge in [0.25, 0.3) is 4.38 Å². The van der Waals surface area contributed by atoms with Gasteiger partial charge in [0.05, 0.1) is 0 Å². The summed E-state index contributed by atoms with van der Waals surface area (Å²) in [7, 11) is 0. The largest absolute Gasteiger partial charge is 0.269 e. The summed E-state index contributed by atoms with van der Waals surface area (Å²) in [6.45, 7) is 2.63. The van der Waals surface area contributed by atoms with E-state index in [1.807, 2.05) is 0 Å². The first-order valence-corrected chi connectivity index (χ1v) is 5.81. The highest BCUT2D eigenvalue weighted by Crippen LogP contribution is 2.25. The number of thioether (sulfide) groups is 2. The average Bonchev–Trinajstić information content (AvgIpc) is 2.05. The van der Waals surface area contributed by atoms with Gasteiger partial charge in [-0.1, -0.05) is 0 Å². The van der Waals surface area contributed by atoms with Crippen molar-refractivity contribution in [2.45, 2.75) is 12.8 Å². The highest BCUT2D eigenvalue weighted by Gasteiger charge is 2.23. The summed E-state index contributed by atoms with van der Waals surface area (Å²) in [6, 6.07) is 0. The molecule has 0 fully saturated rings. The van der Waals surface area contributed by atoms with E-state index in [4.69, 9.17) is 0 Å². The van der Waals surface area contributed by atoms with Gasteiger partial charge >= 0.3 is 0 Å². The Morgan fingerprint density at radius 1 is 1.00 bits per heavy atom. The molecular formula is C7H12NS2+. The van der Waals surface area contributed by atoms with Crippen LogP contribution in [0.1, 0.15) is 12.8 Å².